The summed E-state index contributed by atoms with van der Waals surface area (Å²) in [6.45, 7) is 2.12. The second-order valence-electron chi connectivity index (χ2n) is 10.6. The van der Waals surface area contributed by atoms with Crippen LogP contribution < -0.4 is 5.32 Å². The van der Waals surface area contributed by atoms with Gasteiger partial charge in [-0.3, -0.25) is 9.89 Å². The highest BCUT2D eigenvalue weighted by Crippen LogP contribution is 2.36. The van der Waals surface area contributed by atoms with E-state index in [0.717, 1.165) is 12.1 Å². The van der Waals surface area contributed by atoms with Gasteiger partial charge in [0, 0.05) is 60.6 Å². The van der Waals surface area contributed by atoms with Crippen LogP contribution in [0.25, 0.3) is 0 Å². The Labute approximate surface area is 265 Å². The van der Waals surface area contributed by atoms with E-state index in [1.54, 1.807) is 21.4 Å². The summed E-state index contributed by atoms with van der Waals surface area (Å²) in [4.78, 5) is 40.2. The van der Waals surface area contributed by atoms with Crippen LogP contribution in [0.15, 0.2) is 64.2 Å². The van der Waals surface area contributed by atoms with E-state index in [0.29, 0.717) is 48.3 Å². The SMILES string of the molecule is N#Cc1ccc(C#CCN2C[C@@H]3CN(CC4=C(C(=O)O)[C@H](c5ccc(F)cc5Cl)N=C(c5nccs5)N4)CCN3C2=O)c(F)c1. The number of urea groups is 1. The Morgan fingerprint density at radius 3 is 2.76 bits per heavy atom. The van der Waals surface area contributed by atoms with Gasteiger partial charge in [0.2, 0.25) is 0 Å². The predicted octanol–water partition coefficient (Wildman–Crippen LogP) is 3.85. The molecule has 2 N–H and O–H groups in total. The number of carboxylic acid groups (broad SMARTS) is 1. The third-order valence-electron chi connectivity index (χ3n) is 7.74. The molecule has 3 aliphatic rings. The molecule has 2 aromatic carbocycles. The number of nitrogens with one attached hydrogen (secondary N) is 1. The lowest BCUT2D eigenvalue weighted by molar-refractivity contribution is -0.133. The van der Waals surface area contributed by atoms with Gasteiger partial charge in [-0.05, 0) is 30.3 Å². The van der Waals surface area contributed by atoms with Crippen LogP contribution in [0.3, 0.4) is 0 Å². The summed E-state index contributed by atoms with van der Waals surface area (Å²) in [5.74, 6) is 3.65. The average Bonchev–Trinajstić information content (AvgIpc) is 3.66. The third kappa shape index (κ3) is 6.24. The molecule has 14 heteroatoms. The number of fused-ring (bicyclic) bond motifs is 1. The molecule has 1 aromatic heterocycles. The highest BCUT2D eigenvalue weighted by Gasteiger charge is 2.41. The van der Waals surface area contributed by atoms with Gasteiger partial charge in [0.1, 0.15) is 17.7 Å². The highest BCUT2D eigenvalue weighted by atomic mass is 35.5. The van der Waals surface area contributed by atoms with Crippen LogP contribution in [-0.2, 0) is 4.79 Å². The Balaban J connectivity index is 1.20. The van der Waals surface area contributed by atoms with Gasteiger partial charge in [-0.1, -0.05) is 29.5 Å². The molecule has 6 rings (SSSR count). The van der Waals surface area contributed by atoms with Crippen molar-refractivity contribution >= 4 is 40.8 Å². The van der Waals surface area contributed by atoms with Gasteiger partial charge in [0.25, 0.3) is 0 Å². The number of halogens is 3. The Kier molecular flexibility index (Phi) is 8.50. The first-order valence-corrected chi connectivity index (χ1v) is 15.1. The number of piperazine rings is 1. The Hall–Kier alpha value is -4.82. The molecule has 0 saturated carbocycles. The fraction of sp³-hybridized carbons (Fsp3) is 0.258. The van der Waals surface area contributed by atoms with E-state index in [9.17, 15) is 23.5 Å². The van der Waals surface area contributed by atoms with E-state index in [1.807, 2.05) is 6.07 Å². The monoisotopic (exact) mass is 647 g/mol. The molecule has 3 aliphatic heterocycles. The normalized spacial score (nSPS) is 19.8. The fourth-order valence-electron chi connectivity index (χ4n) is 5.63. The maximum Gasteiger partial charge on any atom is 0.335 e. The van der Waals surface area contributed by atoms with Gasteiger partial charge >= 0.3 is 12.0 Å². The summed E-state index contributed by atoms with van der Waals surface area (Å²) in [6.07, 6.45) is 1.62. The number of thiazole rings is 1. The molecule has 0 unspecified atom stereocenters. The number of benzene rings is 2. The lowest BCUT2D eigenvalue weighted by Crippen LogP contribution is -2.53. The number of aromatic nitrogens is 1. The number of aliphatic carboxylic acids is 1. The van der Waals surface area contributed by atoms with E-state index in [-0.39, 0.29) is 46.9 Å². The number of carboxylic acids is 1. The Morgan fingerprint density at radius 1 is 1.20 bits per heavy atom. The quantitative estimate of drug-likeness (QED) is 0.390. The zero-order valence-electron chi connectivity index (χ0n) is 23.5. The molecule has 2 saturated heterocycles. The number of carbonyl (C=O) groups is 2. The molecular formula is C31H24ClF2N7O3S. The molecule has 2 atom stereocenters. The summed E-state index contributed by atoms with van der Waals surface area (Å²) in [5, 5.41) is 24.8. The number of hydrogen-bond acceptors (Lipinski definition) is 8. The maximum absolute atomic E-state index is 14.2. The number of nitriles is 1. The molecule has 0 bridgehead atoms. The number of nitrogens with zero attached hydrogens (tertiary/aromatic N) is 6. The minimum absolute atomic E-state index is 0.0133. The first-order valence-electron chi connectivity index (χ1n) is 13.8. The number of hydrogen-bond donors (Lipinski definition) is 2. The van der Waals surface area contributed by atoms with Crippen molar-refractivity contribution in [2.75, 3.05) is 39.3 Å². The molecule has 3 aromatic rings. The predicted molar refractivity (Wildman–Crippen MR) is 162 cm³/mol. The Bertz CT molecular complexity index is 1850. The molecule has 0 radical (unpaired) electrons. The van der Waals surface area contributed by atoms with Crippen molar-refractivity contribution in [3.63, 3.8) is 0 Å². The molecular weight excluding hydrogens is 624 g/mol. The minimum atomic E-state index is -1.19. The smallest absolute Gasteiger partial charge is 0.335 e. The lowest BCUT2D eigenvalue weighted by Gasteiger charge is -2.37. The molecule has 10 nitrogen and oxygen atoms in total. The van der Waals surface area contributed by atoms with E-state index >= 15 is 0 Å². The zero-order chi connectivity index (χ0) is 31.7. The van der Waals surface area contributed by atoms with Gasteiger partial charge in [-0.25, -0.2) is 23.4 Å². The zero-order valence-corrected chi connectivity index (χ0v) is 25.1. The van der Waals surface area contributed by atoms with Gasteiger partial charge < -0.3 is 20.2 Å². The van der Waals surface area contributed by atoms with Gasteiger partial charge in [-0.2, -0.15) is 5.26 Å². The van der Waals surface area contributed by atoms with Crippen molar-refractivity contribution < 1.29 is 23.5 Å². The number of aliphatic imine (C=N–C) groups is 1. The Morgan fingerprint density at radius 2 is 2.04 bits per heavy atom. The highest BCUT2D eigenvalue weighted by molar-refractivity contribution is 7.11. The van der Waals surface area contributed by atoms with Crippen LogP contribution in [0.1, 0.15) is 27.7 Å². The largest absolute Gasteiger partial charge is 0.478 e. The number of amides is 2. The molecule has 4 heterocycles. The summed E-state index contributed by atoms with van der Waals surface area (Å²) in [5.41, 5.74) is 1.09. The first-order chi connectivity index (χ1) is 21.7. The summed E-state index contributed by atoms with van der Waals surface area (Å²) >= 11 is 7.71. The van der Waals surface area contributed by atoms with Crippen LogP contribution in [-0.4, -0.2) is 87.9 Å². The second kappa shape index (κ2) is 12.7. The average molecular weight is 648 g/mol. The van der Waals surface area contributed by atoms with Crippen LogP contribution in [0.5, 0.6) is 0 Å². The molecule has 228 valence electrons. The maximum atomic E-state index is 14.2. The first kappa shape index (κ1) is 30.2. The molecule has 45 heavy (non-hydrogen) atoms. The van der Waals surface area contributed by atoms with Crippen LogP contribution >= 0.6 is 22.9 Å². The lowest BCUT2D eigenvalue weighted by atomic mass is 9.95. The van der Waals surface area contributed by atoms with Crippen molar-refractivity contribution in [3.05, 3.63) is 97.6 Å². The fourth-order valence-corrected chi connectivity index (χ4v) is 6.49. The summed E-state index contributed by atoms with van der Waals surface area (Å²) < 4.78 is 28.1. The van der Waals surface area contributed by atoms with Crippen molar-refractivity contribution in [2.45, 2.75) is 12.1 Å². The standard InChI is InChI=1S/C31H24ClF2N7O3S/c32-23-13-20(33)5-6-22(23)27-26(30(42)43)25(37-28(38-27)29-36-7-11-45-29)17-39-9-10-41-21(15-39)16-40(31(41)44)8-1-2-19-4-3-18(14-35)12-24(19)34/h3-7,11-13,21,27H,8-10,15-17H2,(H,37,38)(H,42,43)/t21-,27-/m0/s1. The van der Waals surface area contributed by atoms with E-state index in [1.165, 1.54) is 35.6 Å². The van der Waals surface area contributed by atoms with Crippen molar-refractivity contribution in [1.29, 1.82) is 5.26 Å². The molecule has 0 aliphatic carbocycles. The minimum Gasteiger partial charge on any atom is -0.478 e. The number of amidine groups is 1. The third-order valence-corrected chi connectivity index (χ3v) is 8.84. The van der Waals surface area contributed by atoms with E-state index in [4.69, 9.17) is 16.9 Å². The second-order valence-corrected chi connectivity index (χ2v) is 11.9. The number of rotatable bonds is 6. The van der Waals surface area contributed by atoms with Crippen LogP contribution in [0.4, 0.5) is 13.6 Å². The number of carbonyl (C=O) groups excluding carboxylic acids is 1. The van der Waals surface area contributed by atoms with E-state index < -0.39 is 23.6 Å². The topological polar surface area (TPSA) is 125 Å². The van der Waals surface area contributed by atoms with Gasteiger partial charge in [0.15, 0.2) is 10.8 Å². The van der Waals surface area contributed by atoms with Crippen molar-refractivity contribution in [2.24, 2.45) is 4.99 Å². The van der Waals surface area contributed by atoms with Gasteiger partial charge in [-0.15, -0.1) is 11.3 Å². The molecule has 2 fully saturated rings. The van der Waals surface area contributed by atoms with Crippen molar-refractivity contribution in [3.8, 4) is 17.9 Å². The summed E-state index contributed by atoms with van der Waals surface area (Å²) in [7, 11) is 0. The van der Waals surface area contributed by atoms with Crippen molar-refractivity contribution in [1.82, 2.24) is 25.0 Å². The van der Waals surface area contributed by atoms with Gasteiger partial charge in [0.05, 0.1) is 35.4 Å². The molecule has 2 amide bonds. The van der Waals surface area contributed by atoms with Crippen LogP contribution in [0.2, 0.25) is 5.02 Å². The molecule has 0 spiro atoms. The van der Waals surface area contributed by atoms with Crippen LogP contribution in [0, 0.1) is 34.8 Å². The van der Waals surface area contributed by atoms with E-state index in [2.05, 4.69) is 32.0 Å². The summed E-state index contributed by atoms with van der Waals surface area (Å²) in [6, 6.07) is 8.37.